The van der Waals surface area contributed by atoms with Gasteiger partial charge in [0.25, 0.3) is 0 Å². The van der Waals surface area contributed by atoms with Gasteiger partial charge in [0.1, 0.15) is 93.5 Å². The average molecular weight is 1460 g/mol. The van der Waals surface area contributed by atoms with Crippen molar-refractivity contribution in [1.29, 1.82) is 0 Å². The molecule has 6 aromatic carbocycles. The summed E-state index contributed by atoms with van der Waals surface area (Å²) in [6.45, 7) is 18.2. The van der Waals surface area contributed by atoms with Crippen molar-refractivity contribution in [3.8, 4) is 68.3 Å². The molecule has 108 heavy (non-hydrogen) atoms. The lowest BCUT2D eigenvalue weighted by Crippen LogP contribution is -2.44. The molecule has 3 aliphatic heterocycles. The van der Waals surface area contributed by atoms with Crippen LogP contribution in [0.25, 0.3) is 66.9 Å². The van der Waals surface area contributed by atoms with Gasteiger partial charge < -0.3 is 60.7 Å². The van der Waals surface area contributed by atoms with E-state index in [-0.39, 0.29) is 45.0 Å². The van der Waals surface area contributed by atoms with Gasteiger partial charge >= 0.3 is 12.2 Å². The first-order valence-electron chi connectivity index (χ1n) is 35.1. The number of ether oxygens (including phenoxy) is 5. The highest BCUT2D eigenvalue weighted by Gasteiger charge is 2.33. The Balaban J connectivity index is 0.000000160. The number of anilines is 3. The van der Waals surface area contributed by atoms with E-state index < -0.39 is 17.3 Å². The van der Waals surface area contributed by atoms with E-state index in [1.54, 1.807) is 14.7 Å². The van der Waals surface area contributed by atoms with Crippen LogP contribution < -0.4 is 31.4 Å². The molecule has 6 aromatic heterocycles. The van der Waals surface area contributed by atoms with Gasteiger partial charge in [0.05, 0.1) is 40.0 Å². The van der Waals surface area contributed by atoms with E-state index in [1.807, 2.05) is 215 Å². The van der Waals surface area contributed by atoms with Gasteiger partial charge in [-0.2, -0.15) is 15.3 Å². The number of benzene rings is 6. The molecule has 562 valence electrons. The molecule has 8 N–H and O–H groups in total. The highest BCUT2D eigenvalue weighted by Crippen LogP contribution is 2.38. The number of carbonyl (C=O) groups excluding carboxylic acids is 3. The molecular formula is C81H94N18O9. The molecular weight excluding hydrogens is 1370 g/mol. The van der Waals surface area contributed by atoms with Crippen LogP contribution in [0.1, 0.15) is 107 Å². The number of hydrogen-bond donors (Lipinski definition) is 5. The van der Waals surface area contributed by atoms with Crippen molar-refractivity contribution in [2.45, 2.75) is 124 Å². The van der Waals surface area contributed by atoms with E-state index in [0.29, 0.717) is 95.8 Å². The number of hydrogen-bond acceptors (Lipinski definition) is 21. The molecule has 3 atom stereocenters. The van der Waals surface area contributed by atoms with Crippen molar-refractivity contribution in [3.63, 3.8) is 0 Å². The lowest BCUT2D eigenvalue weighted by Gasteiger charge is -2.34. The number of piperidine rings is 3. The molecule has 3 fully saturated rings. The number of likely N-dealkylation sites (tertiary alicyclic amines) is 3. The third-order valence-electron chi connectivity index (χ3n) is 17.4. The van der Waals surface area contributed by atoms with Crippen LogP contribution in [0.3, 0.4) is 0 Å². The molecule has 0 aliphatic carbocycles. The van der Waals surface area contributed by atoms with Gasteiger partial charge in [0, 0.05) is 56.0 Å². The Hall–Kier alpha value is -12.5. The van der Waals surface area contributed by atoms with Gasteiger partial charge in [0.15, 0.2) is 16.9 Å². The van der Waals surface area contributed by atoms with Crippen LogP contribution in [0.15, 0.2) is 195 Å². The predicted molar refractivity (Wildman–Crippen MR) is 419 cm³/mol. The number of β-amino-alcohol motifs (C(OH)–C–C–N with tert-alkyl or cyclic N) is 1. The molecule has 0 saturated carbocycles. The number of nitrogen functional groups attached to an aromatic ring is 3. The minimum Gasteiger partial charge on any atom is -0.457 e. The number of para-hydroxylation sites is 3. The fourth-order valence-electron chi connectivity index (χ4n) is 12.5. The topological polar surface area (TPSA) is 347 Å². The molecule has 0 spiro atoms. The second-order valence-corrected chi connectivity index (χ2v) is 27.6. The van der Waals surface area contributed by atoms with E-state index in [2.05, 4.69) is 46.7 Å². The maximum absolute atomic E-state index is 12.7. The summed E-state index contributed by atoms with van der Waals surface area (Å²) >= 11 is 0. The van der Waals surface area contributed by atoms with Crippen LogP contribution in [-0.2, 0) is 14.3 Å². The first-order valence-corrected chi connectivity index (χ1v) is 35.1. The number of aliphatic hydroxyl groups excluding tert-OH is 1. The third-order valence-corrected chi connectivity index (χ3v) is 17.4. The highest BCUT2D eigenvalue weighted by molar-refractivity contribution is 6.00. The summed E-state index contributed by atoms with van der Waals surface area (Å²) in [6.07, 6.45) is 9.73. The summed E-state index contributed by atoms with van der Waals surface area (Å²) in [5, 5.41) is 28.5. The van der Waals surface area contributed by atoms with E-state index >= 15 is 0 Å². The summed E-state index contributed by atoms with van der Waals surface area (Å²) in [6, 6.07) is 51.9. The van der Waals surface area contributed by atoms with Gasteiger partial charge in [-0.15, -0.1) is 0 Å². The standard InChI is InChI=1S/C27H30N6O3.C25H24N6O2.C17H13N5O.C10H19NO3.2CH4/c1-27(2,3)36-26(34)32-15-7-8-19(16-32)33-25-22(24(28)29-17-30-25)23(31-33)18-11-13-21(14-12-18)35-20-9-5-4-6-10-20;1-2-21(32)30-14-6-7-18(15-30)31-25-22(24(26)27-16-28-25)23(29-31)17-10-12-20(13-11-17)33-19-8-4-3-5-9-19;18-16-14-15(21-22-17(14)20-10-19-16)11-6-8-13(9-7-11)23-12-4-2-1-3-5-12;1-10(2,3)14-9(13)11-6-4-5-8(12)7-11;;/h4-6,9-14,17,19H,7-8,15-16H2,1-3H3,(H2,28,29,30);2-5,8-13,16,18H,1,6-7,14-15H2,(H2,26,27,28);1-10H,(H3,18,19,20,21,22);8,12H,4-7H2,1-3H3;2*1H4. The number of nitrogens with zero attached hydrogens (tertiary/aromatic N) is 14. The Labute approximate surface area is 627 Å². The molecule has 3 aliphatic rings. The summed E-state index contributed by atoms with van der Waals surface area (Å²) in [7, 11) is 0. The lowest BCUT2D eigenvalue weighted by molar-refractivity contribution is -0.127. The summed E-state index contributed by atoms with van der Waals surface area (Å²) in [5.74, 6) is 5.62. The van der Waals surface area contributed by atoms with E-state index in [1.165, 1.54) is 25.1 Å². The number of fused-ring (bicyclic) bond motifs is 3. The third kappa shape index (κ3) is 19.5. The molecule has 9 heterocycles. The molecule has 27 heteroatoms. The quantitative estimate of drug-likeness (QED) is 0.0709. The average Bonchev–Trinajstić information content (AvgIpc) is 1.62. The second kappa shape index (κ2) is 35.0. The largest absolute Gasteiger partial charge is 0.457 e. The fourth-order valence-corrected chi connectivity index (χ4v) is 12.5. The van der Waals surface area contributed by atoms with Crippen LogP contribution in [0, 0.1) is 0 Å². The zero-order valence-electron chi connectivity index (χ0n) is 60.0. The van der Waals surface area contributed by atoms with Crippen molar-refractivity contribution < 1.29 is 43.2 Å². The number of aromatic amines is 1. The number of rotatable bonds is 12. The molecule has 3 saturated heterocycles. The van der Waals surface area contributed by atoms with Crippen molar-refractivity contribution in [3.05, 3.63) is 195 Å². The van der Waals surface area contributed by atoms with E-state index in [4.69, 9.17) is 51.1 Å². The molecule has 3 amide bonds. The van der Waals surface area contributed by atoms with Crippen LogP contribution in [0.2, 0.25) is 0 Å². The van der Waals surface area contributed by atoms with Gasteiger partial charge in [-0.25, -0.2) is 48.9 Å². The van der Waals surface area contributed by atoms with Crippen molar-refractivity contribution in [2.75, 3.05) is 56.5 Å². The number of nitrogens with two attached hydrogens (primary N) is 3. The van der Waals surface area contributed by atoms with Crippen molar-refractivity contribution >= 4 is 68.6 Å². The number of aromatic nitrogens is 12. The SMILES string of the molecule is C.C.C=CC(=O)N1CCCC(n2nc(-c3ccc(Oc4ccccc4)cc3)c3c(N)ncnc32)C1.CC(C)(C)OC(=O)N1CCCC(O)C1.CC(C)(C)OC(=O)N1CCCC(n2nc(-c3ccc(Oc4ccccc4)cc3)c3c(N)ncnc32)C1.Nc1ncnc2n[nH]c(-c3ccc(Oc4ccccc4)cc3)c12. The molecule has 0 bridgehead atoms. The number of aliphatic hydroxyl groups is 1. The van der Waals surface area contributed by atoms with Crippen LogP contribution in [0.4, 0.5) is 27.0 Å². The number of H-pyrrole nitrogens is 1. The summed E-state index contributed by atoms with van der Waals surface area (Å²) < 4.78 is 32.2. The smallest absolute Gasteiger partial charge is 0.410 e. The van der Waals surface area contributed by atoms with Crippen molar-refractivity contribution in [2.24, 2.45) is 0 Å². The Morgan fingerprint density at radius 1 is 0.472 bits per heavy atom. The lowest BCUT2D eigenvalue weighted by atomic mass is 10.1. The summed E-state index contributed by atoms with van der Waals surface area (Å²) in [4.78, 5) is 67.1. The molecule has 3 unspecified atom stereocenters. The van der Waals surface area contributed by atoms with Crippen molar-refractivity contribution in [1.82, 2.24) is 74.4 Å². The maximum Gasteiger partial charge on any atom is 0.410 e. The maximum atomic E-state index is 12.7. The molecule has 12 aromatic rings. The zero-order chi connectivity index (χ0) is 74.5. The molecule has 27 nitrogen and oxygen atoms in total. The van der Waals surface area contributed by atoms with Gasteiger partial charge in [0.2, 0.25) is 5.91 Å². The Morgan fingerprint density at radius 2 is 0.833 bits per heavy atom. The van der Waals surface area contributed by atoms with Crippen LogP contribution in [0.5, 0.6) is 34.5 Å². The van der Waals surface area contributed by atoms with Gasteiger partial charge in [-0.3, -0.25) is 9.89 Å². The second-order valence-electron chi connectivity index (χ2n) is 27.6. The zero-order valence-corrected chi connectivity index (χ0v) is 60.0. The number of amides is 3. The Bertz CT molecular complexity index is 4970. The minimum absolute atomic E-state index is 0. The summed E-state index contributed by atoms with van der Waals surface area (Å²) in [5.41, 5.74) is 24.3. The highest BCUT2D eigenvalue weighted by atomic mass is 16.6. The van der Waals surface area contributed by atoms with E-state index in [9.17, 15) is 19.5 Å². The first-order chi connectivity index (χ1) is 51.1. The monoisotopic (exact) mass is 1460 g/mol. The molecule has 0 radical (unpaired) electrons. The van der Waals surface area contributed by atoms with E-state index in [0.717, 1.165) is 101 Å². The van der Waals surface area contributed by atoms with Gasteiger partial charge in [-0.05, 0) is 195 Å². The number of carbonyl (C=O) groups is 3. The van der Waals surface area contributed by atoms with Gasteiger partial charge in [-0.1, -0.05) is 76.0 Å². The normalized spacial score (nSPS) is 15.6. The van der Waals surface area contributed by atoms with Crippen LogP contribution >= 0.6 is 0 Å². The Morgan fingerprint density at radius 3 is 1.24 bits per heavy atom. The minimum atomic E-state index is -0.548. The van der Waals surface area contributed by atoms with Crippen LogP contribution in [-0.4, -0.2) is 154 Å². The Kier molecular flexibility index (Phi) is 25.3. The molecule has 15 rings (SSSR count). The number of nitrogens with one attached hydrogen (secondary N) is 1. The fraction of sp³-hybridized carbons (Fsp3) is 0.309. The predicted octanol–water partition coefficient (Wildman–Crippen LogP) is 15.7. The first kappa shape index (κ1) is 78.1.